The highest BCUT2D eigenvalue weighted by Crippen LogP contribution is 2.31. The van der Waals surface area contributed by atoms with Crippen molar-refractivity contribution in [3.8, 4) is 17.0 Å². The van der Waals surface area contributed by atoms with Gasteiger partial charge < -0.3 is 10.1 Å². The maximum absolute atomic E-state index is 12.1. The fourth-order valence-corrected chi connectivity index (χ4v) is 3.42. The van der Waals surface area contributed by atoms with E-state index in [0.29, 0.717) is 5.13 Å². The maximum Gasteiger partial charge on any atom is 0.246 e. The summed E-state index contributed by atoms with van der Waals surface area (Å²) >= 11 is 1.34. The van der Waals surface area contributed by atoms with Gasteiger partial charge in [-0.2, -0.15) is 0 Å². The summed E-state index contributed by atoms with van der Waals surface area (Å²) in [4.78, 5) is 41.6. The van der Waals surface area contributed by atoms with Crippen LogP contribution in [0, 0.1) is 6.92 Å². The van der Waals surface area contributed by atoms with Crippen LogP contribution in [0.25, 0.3) is 11.3 Å². The van der Waals surface area contributed by atoms with Crippen molar-refractivity contribution in [3.05, 3.63) is 29.1 Å². The molecule has 0 bridgehead atoms. The first-order valence-electron chi connectivity index (χ1n) is 7.73. The molecule has 0 unspecified atom stereocenters. The van der Waals surface area contributed by atoms with Gasteiger partial charge in [0.05, 0.1) is 12.8 Å². The maximum atomic E-state index is 12.1. The molecule has 1 aliphatic heterocycles. The number of methoxy groups -OCH3 is 1. The highest BCUT2D eigenvalue weighted by atomic mass is 32.1. The lowest BCUT2D eigenvalue weighted by atomic mass is 10.1. The molecular weight excluding hydrogens is 342 g/mol. The molecule has 1 aromatic heterocycles. The Labute approximate surface area is 148 Å². The second kappa shape index (κ2) is 7.02. The molecular formula is C17H17N3O4S. The number of carbonyl (C=O) groups is 3. The molecule has 1 aromatic carbocycles. The summed E-state index contributed by atoms with van der Waals surface area (Å²) in [5.41, 5.74) is 1.69. The van der Waals surface area contributed by atoms with Crippen LogP contribution in [0.2, 0.25) is 0 Å². The number of anilines is 1. The number of ether oxygens (including phenoxy) is 1. The molecule has 7 nitrogen and oxygen atoms in total. The summed E-state index contributed by atoms with van der Waals surface area (Å²) in [5, 5.41) is 3.10. The Bertz CT molecular complexity index is 813. The molecule has 1 fully saturated rings. The Kier molecular flexibility index (Phi) is 4.80. The monoisotopic (exact) mass is 359 g/mol. The summed E-state index contributed by atoms with van der Waals surface area (Å²) in [7, 11) is 1.60. The van der Waals surface area contributed by atoms with E-state index in [4.69, 9.17) is 4.74 Å². The van der Waals surface area contributed by atoms with Gasteiger partial charge >= 0.3 is 0 Å². The largest absolute Gasteiger partial charge is 0.497 e. The fourth-order valence-electron chi connectivity index (χ4n) is 2.57. The Morgan fingerprint density at radius 2 is 1.88 bits per heavy atom. The van der Waals surface area contributed by atoms with E-state index in [0.717, 1.165) is 26.8 Å². The van der Waals surface area contributed by atoms with Gasteiger partial charge in [0.2, 0.25) is 17.7 Å². The average molecular weight is 359 g/mol. The van der Waals surface area contributed by atoms with Crippen LogP contribution in [0.3, 0.4) is 0 Å². The van der Waals surface area contributed by atoms with Gasteiger partial charge in [-0.25, -0.2) is 4.98 Å². The quantitative estimate of drug-likeness (QED) is 0.827. The predicted molar refractivity (Wildman–Crippen MR) is 93.4 cm³/mol. The van der Waals surface area contributed by atoms with Crippen LogP contribution >= 0.6 is 11.3 Å². The number of carbonyl (C=O) groups excluding carboxylic acids is 3. The molecule has 3 amide bonds. The molecule has 0 spiro atoms. The number of amides is 3. The van der Waals surface area contributed by atoms with Crippen LogP contribution in [0.5, 0.6) is 5.75 Å². The number of rotatable bonds is 5. The second-order valence-corrected chi connectivity index (χ2v) is 6.78. The van der Waals surface area contributed by atoms with E-state index in [1.54, 1.807) is 7.11 Å². The lowest BCUT2D eigenvalue weighted by molar-refractivity contribution is -0.141. The lowest BCUT2D eigenvalue weighted by Crippen LogP contribution is -2.36. The Morgan fingerprint density at radius 3 is 2.48 bits per heavy atom. The first-order valence-corrected chi connectivity index (χ1v) is 8.54. The van der Waals surface area contributed by atoms with E-state index in [9.17, 15) is 14.4 Å². The van der Waals surface area contributed by atoms with Crippen molar-refractivity contribution < 1.29 is 19.1 Å². The summed E-state index contributed by atoms with van der Waals surface area (Å²) in [6, 6.07) is 7.48. The van der Waals surface area contributed by atoms with Crippen molar-refractivity contribution in [3.63, 3.8) is 0 Å². The normalized spacial score (nSPS) is 14.1. The fraction of sp³-hybridized carbons (Fsp3) is 0.294. The number of aromatic nitrogens is 1. The van der Waals surface area contributed by atoms with Crippen molar-refractivity contribution in [2.45, 2.75) is 19.8 Å². The zero-order valence-corrected chi connectivity index (χ0v) is 14.7. The number of nitrogens with zero attached hydrogens (tertiary/aromatic N) is 2. The van der Waals surface area contributed by atoms with E-state index in [-0.39, 0.29) is 31.2 Å². The first kappa shape index (κ1) is 17.1. The lowest BCUT2D eigenvalue weighted by Gasteiger charge is -2.12. The number of imide groups is 1. The van der Waals surface area contributed by atoms with Gasteiger partial charge in [0.1, 0.15) is 12.3 Å². The molecule has 1 aliphatic rings. The highest BCUT2D eigenvalue weighted by Gasteiger charge is 2.30. The number of nitrogens with one attached hydrogen (secondary N) is 1. The van der Waals surface area contributed by atoms with Crippen LogP contribution in [0.1, 0.15) is 17.7 Å². The molecule has 1 N–H and O–H groups in total. The summed E-state index contributed by atoms with van der Waals surface area (Å²) in [5.74, 6) is -0.299. The summed E-state index contributed by atoms with van der Waals surface area (Å²) < 4.78 is 5.14. The second-order valence-electron chi connectivity index (χ2n) is 5.57. The Hall–Kier alpha value is -2.74. The Balaban J connectivity index is 1.70. The third-order valence-corrected chi connectivity index (χ3v) is 4.75. The number of benzene rings is 1. The molecule has 25 heavy (non-hydrogen) atoms. The zero-order chi connectivity index (χ0) is 18.0. The van der Waals surface area contributed by atoms with Gasteiger partial charge in [-0.3, -0.25) is 19.3 Å². The molecule has 1 saturated heterocycles. The molecule has 2 aromatic rings. The third-order valence-electron chi connectivity index (χ3n) is 3.86. The van der Waals surface area contributed by atoms with Crippen molar-refractivity contribution in [1.29, 1.82) is 0 Å². The third kappa shape index (κ3) is 3.69. The van der Waals surface area contributed by atoms with E-state index in [2.05, 4.69) is 10.3 Å². The first-order chi connectivity index (χ1) is 12.0. The highest BCUT2D eigenvalue weighted by molar-refractivity contribution is 7.16. The summed E-state index contributed by atoms with van der Waals surface area (Å²) in [6.07, 6.45) is 0.341. The number of hydrogen-bond acceptors (Lipinski definition) is 6. The van der Waals surface area contributed by atoms with E-state index < -0.39 is 5.91 Å². The Morgan fingerprint density at radius 1 is 1.24 bits per heavy atom. The zero-order valence-electron chi connectivity index (χ0n) is 13.9. The molecule has 0 saturated carbocycles. The van der Waals surface area contributed by atoms with Gasteiger partial charge in [-0.05, 0) is 31.2 Å². The minimum atomic E-state index is -0.432. The van der Waals surface area contributed by atoms with Gasteiger partial charge in [0.25, 0.3) is 0 Å². The molecule has 0 radical (unpaired) electrons. The summed E-state index contributed by atoms with van der Waals surface area (Å²) in [6.45, 7) is 1.65. The molecule has 8 heteroatoms. The number of likely N-dealkylation sites (tertiary alicyclic amines) is 1. The minimum Gasteiger partial charge on any atom is -0.497 e. The van der Waals surface area contributed by atoms with Gasteiger partial charge in [-0.15, -0.1) is 11.3 Å². The smallest absolute Gasteiger partial charge is 0.246 e. The van der Waals surface area contributed by atoms with Crippen LogP contribution in [0.4, 0.5) is 5.13 Å². The molecule has 0 aliphatic carbocycles. The molecule has 130 valence electrons. The van der Waals surface area contributed by atoms with Crippen molar-refractivity contribution >= 4 is 34.2 Å². The molecule has 3 rings (SSSR count). The van der Waals surface area contributed by atoms with E-state index in [1.165, 1.54) is 11.3 Å². The standard InChI is InChI=1S/C17H17N3O4S/c1-10-16(11-3-5-12(24-2)6-4-11)19-17(25-10)18-13(21)9-20-14(22)7-8-15(20)23/h3-6H,7-9H2,1-2H3,(H,18,19,21). The SMILES string of the molecule is COc1ccc(-c2nc(NC(=O)CN3C(=O)CCC3=O)sc2C)cc1. The predicted octanol–water partition coefficient (Wildman–Crippen LogP) is 2.21. The van der Waals surface area contributed by atoms with Crippen molar-refractivity contribution in [2.75, 3.05) is 19.0 Å². The van der Waals surface area contributed by atoms with E-state index in [1.807, 2.05) is 31.2 Å². The number of aryl methyl sites for hydroxylation is 1. The topological polar surface area (TPSA) is 88.6 Å². The van der Waals surface area contributed by atoms with Crippen LogP contribution in [0.15, 0.2) is 24.3 Å². The van der Waals surface area contributed by atoms with Crippen LogP contribution < -0.4 is 10.1 Å². The number of thiazole rings is 1. The molecule has 0 atom stereocenters. The van der Waals surface area contributed by atoms with Crippen LogP contribution in [-0.2, 0) is 14.4 Å². The van der Waals surface area contributed by atoms with Crippen LogP contribution in [-0.4, -0.2) is 41.3 Å². The minimum absolute atomic E-state index is 0.171. The number of hydrogen-bond donors (Lipinski definition) is 1. The van der Waals surface area contributed by atoms with Crippen molar-refractivity contribution in [1.82, 2.24) is 9.88 Å². The van der Waals surface area contributed by atoms with Gasteiger partial charge in [0, 0.05) is 23.3 Å². The van der Waals surface area contributed by atoms with Gasteiger partial charge in [-0.1, -0.05) is 0 Å². The average Bonchev–Trinajstić information content (AvgIpc) is 3.11. The molecule has 2 heterocycles. The van der Waals surface area contributed by atoms with E-state index >= 15 is 0 Å². The van der Waals surface area contributed by atoms with Gasteiger partial charge in [0.15, 0.2) is 5.13 Å². The van der Waals surface area contributed by atoms with Crippen molar-refractivity contribution in [2.24, 2.45) is 0 Å².